The molecule has 0 radical (unpaired) electrons. The summed E-state index contributed by atoms with van der Waals surface area (Å²) in [7, 11) is 0. The lowest BCUT2D eigenvalue weighted by Gasteiger charge is -2.24. The number of rotatable bonds is 2. The molecule has 1 N–H and O–H groups in total. The number of hydrogen-bond donors (Lipinski definition) is 1. The van der Waals surface area contributed by atoms with E-state index in [0.29, 0.717) is 11.1 Å². The maximum Gasteiger partial charge on any atom is 0.262 e. The summed E-state index contributed by atoms with van der Waals surface area (Å²) < 4.78 is 0. The number of nitrogens with one attached hydrogen (secondary N) is 1. The average Bonchev–Trinajstić information content (AvgIpc) is 2.58. The van der Waals surface area contributed by atoms with E-state index in [-0.39, 0.29) is 17.9 Å². The van der Waals surface area contributed by atoms with Gasteiger partial charge in [0.1, 0.15) is 0 Å². The van der Waals surface area contributed by atoms with Gasteiger partial charge in [0, 0.05) is 13.1 Å². The highest BCUT2D eigenvalue weighted by Gasteiger charge is 2.37. The smallest absolute Gasteiger partial charge is 0.262 e. The third-order valence-electron chi connectivity index (χ3n) is 3.41. The van der Waals surface area contributed by atoms with Crippen molar-refractivity contribution >= 4 is 11.8 Å². The minimum atomic E-state index is -0.188. The molecule has 1 fully saturated rings. The van der Waals surface area contributed by atoms with Gasteiger partial charge in [-0.2, -0.15) is 0 Å². The maximum absolute atomic E-state index is 12.2. The molecule has 2 amide bonds. The monoisotopic (exact) mass is 242 g/mol. The van der Waals surface area contributed by atoms with Crippen LogP contribution in [0, 0.1) is 0 Å². The van der Waals surface area contributed by atoms with Crippen molar-refractivity contribution in [1.82, 2.24) is 10.2 Å². The summed E-state index contributed by atoms with van der Waals surface area (Å²) in [6, 6.07) is 6.80. The van der Waals surface area contributed by atoms with Crippen molar-refractivity contribution in [2.24, 2.45) is 0 Å². The predicted molar refractivity (Wildman–Crippen MR) is 67.4 cm³/mol. The summed E-state index contributed by atoms with van der Waals surface area (Å²) in [5, 5.41) is 3.14. The molecule has 0 bridgehead atoms. The minimum Gasteiger partial charge on any atom is -0.309 e. The SMILES string of the molecule is CC(C=C1CNC1)N1C(=O)c2ccccc2C1=O. The molecule has 1 unspecified atom stereocenters. The number of carbonyl (C=O) groups is 2. The molecule has 92 valence electrons. The van der Waals surface area contributed by atoms with E-state index in [1.165, 1.54) is 10.5 Å². The second kappa shape index (κ2) is 4.07. The molecule has 4 nitrogen and oxygen atoms in total. The second-order valence-corrected chi connectivity index (χ2v) is 4.69. The van der Waals surface area contributed by atoms with Gasteiger partial charge in [0.25, 0.3) is 11.8 Å². The Balaban J connectivity index is 1.91. The minimum absolute atomic E-state index is 0.186. The van der Waals surface area contributed by atoms with E-state index in [0.717, 1.165) is 13.1 Å². The first-order valence-electron chi connectivity index (χ1n) is 6.05. The van der Waals surface area contributed by atoms with Crippen LogP contribution in [0.15, 0.2) is 35.9 Å². The van der Waals surface area contributed by atoms with Crippen molar-refractivity contribution in [1.29, 1.82) is 0 Å². The maximum atomic E-state index is 12.2. The number of nitrogens with zero attached hydrogens (tertiary/aromatic N) is 1. The van der Waals surface area contributed by atoms with Gasteiger partial charge in [0.05, 0.1) is 17.2 Å². The lowest BCUT2D eigenvalue weighted by Crippen LogP contribution is -2.40. The Morgan fingerprint density at radius 3 is 2.17 bits per heavy atom. The number of carbonyl (C=O) groups excluding carboxylic acids is 2. The molecule has 1 aromatic carbocycles. The van der Waals surface area contributed by atoms with Crippen LogP contribution in [0.1, 0.15) is 27.6 Å². The quantitative estimate of drug-likeness (QED) is 0.626. The van der Waals surface area contributed by atoms with E-state index in [1.807, 2.05) is 13.0 Å². The summed E-state index contributed by atoms with van der Waals surface area (Å²) in [6.45, 7) is 3.59. The number of imide groups is 1. The fourth-order valence-corrected chi connectivity index (χ4v) is 2.38. The largest absolute Gasteiger partial charge is 0.309 e. The van der Waals surface area contributed by atoms with E-state index in [2.05, 4.69) is 5.32 Å². The van der Waals surface area contributed by atoms with E-state index >= 15 is 0 Å². The van der Waals surface area contributed by atoms with Crippen molar-refractivity contribution in [3.63, 3.8) is 0 Å². The molecule has 1 saturated heterocycles. The first-order chi connectivity index (χ1) is 8.68. The van der Waals surface area contributed by atoms with Gasteiger partial charge < -0.3 is 5.32 Å². The fourth-order valence-electron chi connectivity index (χ4n) is 2.38. The van der Waals surface area contributed by atoms with Gasteiger partial charge in [-0.05, 0) is 24.6 Å². The first-order valence-corrected chi connectivity index (χ1v) is 6.05. The van der Waals surface area contributed by atoms with Crippen LogP contribution in [0.4, 0.5) is 0 Å². The molecule has 2 aliphatic heterocycles. The standard InChI is InChI=1S/C14H14N2O2/c1-9(6-10-7-15-8-10)16-13(17)11-4-2-3-5-12(11)14(16)18/h2-6,9,15H,7-8H2,1H3. The van der Waals surface area contributed by atoms with Gasteiger partial charge in [-0.15, -0.1) is 0 Å². The van der Waals surface area contributed by atoms with Crippen molar-refractivity contribution in [3.05, 3.63) is 47.0 Å². The van der Waals surface area contributed by atoms with E-state index in [4.69, 9.17) is 0 Å². The zero-order valence-electron chi connectivity index (χ0n) is 10.1. The van der Waals surface area contributed by atoms with Crippen LogP contribution in [0.25, 0.3) is 0 Å². The van der Waals surface area contributed by atoms with Crippen LogP contribution >= 0.6 is 0 Å². The number of fused-ring (bicyclic) bond motifs is 1. The highest BCUT2D eigenvalue weighted by Crippen LogP contribution is 2.25. The Hall–Kier alpha value is -1.94. The summed E-state index contributed by atoms with van der Waals surface area (Å²) in [4.78, 5) is 25.7. The molecule has 0 aromatic heterocycles. The Bertz CT molecular complexity index is 522. The molecular formula is C14H14N2O2. The molecule has 2 heterocycles. The van der Waals surface area contributed by atoms with Gasteiger partial charge in [-0.1, -0.05) is 18.2 Å². The van der Waals surface area contributed by atoms with Gasteiger partial charge in [0.15, 0.2) is 0 Å². The highest BCUT2D eigenvalue weighted by molar-refractivity contribution is 6.21. The Labute approximate surface area is 105 Å². The van der Waals surface area contributed by atoms with Crippen LogP contribution in [-0.4, -0.2) is 35.8 Å². The Kier molecular flexibility index (Phi) is 2.52. The van der Waals surface area contributed by atoms with Crippen molar-refractivity contribution in [2.75, 3.05) is 13.1 Å². The fraction of sp³-hybridized carbons (Fsp3) is 0.286. The summed E-state index contributed by atoms with van der Waals surface area (Å²) in [5.41, 5.74) is 2.28. The molecule has 0 saturated carbocycles. The zero-order chi connectivity index (χ0) is 12.7. The Morgan fingerprint density at radius 1 is 1.17 bits per heavy atom. The normalized spacial score (nSPS) is 19.6. The van der Waals surface area contributed by atoms with E-state index in [1.54, 1.807) is 24.3 Å². The van der Waals surface area contributed by atoms with E-state index in [9.17, 15) is 9.59 Å². The predicted octanol–water partition coefficient (Wildman–Crippen LogP) is 1.20. The number of amides is 2. The van der Waals surface area contributed by atoms with Crippen LogP contribution in [-0.2, 0) is 0 Å². The summed E-state index contributed by atoms with van der Waals surface area (Å²) in [5.74, 6) is -0.375. The summed E-state index contributed by atoms with van der Waals surface area (Å²) >= 11 is 0. The molecule has 0 aliphatic carbocycles. The first kappa shape index (κ1) is 11.2. The number of benzene rings is 1. The van der Waals surface area contributed by atoms with Crippen molar-refractivity contribution in [2.45, 2.75) is 13.0 Å². The van der Waals surface area contributed by atoms with Gasteiger partial charge in [-0.3, -0.25) is 14.5 Å². The molecule has 1 atom stereocenters. The molecule has 4 heteroatoms. The van der Waals surface area contributed by atoms with Crippen LogP contribution < -0.4 is 5.32 Å². The molecule has 3 rings (SSSR count). The second-order valence-electron chi connectivity index (χ2n) is 4.69. The van der Waals surface area contributed by atoms with Crippen LogP contribution in [0.5, 0.6) is 0 Å². The molecule has 2 aliphatic rings. The van der Waals surface area contributed by atoms with Crippen molar-refractivity contribution in [3.8, 4) is 0 Å². The lowest BCUT2D eigenvalue weighted by molar-refractivity contribution is 0.0624. The topological polar surface area (TPSA) is 49.4 Å². The Morgan fingerprint density at radius 2 is 1.72 bits per heavy atom. The van der Waals surface area contributed by atoms with Gasteiger partial charge in [-0.25, -0.2) is 0 Å². The highest BCUT2D eigenvalue weighted by atomic mass is 16.2. The van der Waals surface area contributed by atoms with E-state index < -0.39 is 0 Å². The molecular weight excluding hydrogens is 228 g/mol. The van der Waals surface area contributed by atoms with Gasteiger partial charge in [0.2, 0.25) is 0 Å². The third kappa shape index (κ3) is 1.57. The summed E-state index contributed by atoms with van der Waals surface area (Å²) in [6.07, 6.45) is 2.00. The molecule has 0 spiro atoms. The third-order valence-corrected chi connectivity index (χ3v) is 3.41. The van der Waals surface area contributed by atoms with Gasteiger partial charge >= 0.3 is 0 Å². The molecule has 1 aromatic rings. The van der Waals surface area contributed by atoms with Crippen LogP contribution in [0.2, 0.25) is 0 Å². The zero-order valence-corrected chi connectivity index (χ0v) is 10.1. The average molecular weight is 242 g/mol. The lowest BCUT2D eigenvalue weighted by atomic mass is 10.1. The molecule has 18 heavy (non-hydrogen) atoms. The number of hydrogen-bond acceptors (Lipinski definition) is 3. The van der Waals surface area contributed by atoms with Crippen LogP contribution in [0.3, 0.4) is 0 Å². The van der Waals surface area contributed by atoms with Crippen molar-refractivity contribution < 1.29 is 9.59 Å².